The number of alkyl carbamates (subject to hydrolysis) is 1. The quantitative estimate of drug-likeness (QED) is 0.709. The summed E-state index contributed by atoms with van der Waals surface area (Å²) in [5.74, 6) is -0.496. The maximum Gasteiger partial charge on any atom is 0.407 e. The van der Waals surface area contributed by atoms with Crippen LogP contribution in [0.2, 0.25) is 0 Å². The Morgan fingerprint density at radius 1 is 1.08 bits per heavy atom. The highest BCUT2D eigenvalue weighted by Gasteiger charge is 2.29. The van der Waals surface area contributed by atoms with Crippen LogP contribution in [0.5, 0.6) is 0 Å². The number of carbonyl (C=O) groups excluding carboxylic acids is 2. The molecule has 0 spiro atoms. The monoisotopic (exact) mass is 354 g/mol. The van der Waals surface area contributed by atoms with Gasteiger partial charge < -0.3 is 20.9 Å². The van der Waals surface area contributed by atoms with Gasteiger partial charge in [-0.15, -0.1) is 0 Å². The topological polar surface area (TPSA) is 102 Å². The van der Waals surface area contributed by atoms with Gasteiger partial charge in [-0.05, 0) is 28.7 Å². The maximum atomic E-state index is 12.1. The zero-order valence-electron chi connectivity index (χ0n) is 14.4. The van der Waals surface area contributed by atoms with E-state index in [1.54, 1.807) is 0 Å². The summed E-state index contributed by atoms with van der Waals surface area (Å²) >= 11 is 0. The number of primary amides is 1. The van der Waals surface area contributed by atoms with Crippen LogP contribution in [-0.2, 0) is 9.53 Å². The molecule has 136 valence electrons. The molecule has 1 unspecified atom stereocenters. The first-order valence-corrected chi connectivity index (χ1v) is 8.60. The Hall–Kier alpha value is -2.86. The van der Waals surface area contributed by atoms with Gasteiger partial charge in [0.1, 0.15) is 6.61 Å². The van der Waals surface area contributed by atoms with E-state index >= 15 is 0 Å². The van der Waals surface area contributed by atoms with Gasteiger partial charge in [0.2, 0.25) is 5.91 Å². The molecule has 6 nitrogen and oxygen atoms in total. The number of rotatable bonds is 7. The van der Waals surface area contributed by atoms with E-state index in [1.165, 1.54) is 0 Å². The first-order chi connectivity index (χ1) is 12.6. The molecular weight excluding hydrogens is 332 g/mol. The lowest BCUT2D eigenvalue weighted by atomic mass is 9.98. The van der Waals surface area contributed by atoms with Gasteiger partial charge in [0.15, 0.2) is 0 Å². The molecule has 0 radical (unpaired) electrons. The summed E-state index contributed by atoms with van der Waals surface area (Å²) in [5.41, 5.74) is 9.68. The lowest BCUT2D eigenvalue weighted by Gasteiger charge is -2.18. The lowest BCUT2D eigenvalue weighted by molar-refractivity contribution is -0.118. The van der Waals surface area contributed by atoms with Gasteiger partial charge in [-0.25, -0.2) is 4.79 Å². The molecule has 1 aliphatic rings. The Morgan fingerprint density at radius 3 is 2.19 bits per heavy atom. The van der Waals surface area contributed by atoms with Gasteiger partial charge in [0.05, 0.1) is 12.6 Å². The van der Waals surface area contributed by atoms with Crippen molar-refractivity contribution in [1.29, 1.82) is 0 Å². The van der Waals surface area contributed by atoms with Crippen molar-refractivity contribution in [3.8, 4) is 11.1 Å². The molecule has 4 N–H and O–H groups in total. The smallest absolute Gasteiger partial charge is 0.407 e. The van der Waals surface area contributed by atoms with Crippen molar-refractivity contribution in [3.05, 3.63) is 59.7 Å². The van der Waals surface area contributed by atoms with Crippen LogP contribution in [0.3, 0.4) is 0 Å². The normalized spacial score (nSPS) is 13.6. The average Bonchev–Trinajstić information content (AvgIpc) is 2.97. The minimum absolute atomic E-state index is 0.0219. The highest BCUT2D eigenvalue weighted by Crippen LogP contribution is 2.44. The number of hydrogen-bond donors (Lipinski definition) is 3. The first-order valence-electron chi connectivity index (χ1n) is 8.60. The van der Waals surface area contributed by atoms with Crippen molar-refractivity contribution in [2.24, 2.45) is 5.73 Å². The number of ether oxygens (including phenoxy) is 1. The Kier molecular flexibility index (Phi) is 5.53. The van der Waals surface area contributed by atoms with Crippen molar-refractivity contribution in [3.63, 3.8) is 0 Å². The standard InChI is InChI=1S/C20H22N2O4/c21-19(24)10-9-13(11-23)22-20(25)26-12-18-16-7-3-1-5-14(16)15-6-2-4-8-17(15)18/h1-8,13,18,23H,9-12H2,(H2,21,24)(H,22,25). The van der Waals surface area contributed by atoms with Gasteiger partial charge in [0, 0.05) is 12.3 Å². The molecule has 1 atom stereocenters. The van der Waals surface area contributed by atoms with E-state index in [1.807, 2.05) is 36.4 Å². The SMILES string of the molecule is NC(=O)CCC(CO)NC(=O)OCC1c2ccccc2-c2ccccc21. The van der Waals surface area contributed by atoms with Gasteiger partial charge in [-0.1, -0.05) is 48.5 Å². The number of hydrogen-bond acceptors (Lipinski definition) is 4. The fourth-order valence-electron chi connectivity index (χ4n) is 3.33. The third kappa shape index (κ3) is 3.86. The minimum atomic E-state index is -0.615. The van der Waals surface area contributed by atoms with Crippen molar-refractivity contribution < 1.29 is 19.4 Å². The highest BCUT2D eigenvalue weighted by atomic mass is 16.5. The zero-order chi connectivity index (χ0) is 18.5. The third-order valence-corrected chi connectivity index (χ3v) is 4.63. The summed E-state index contributed by atoms with van der Waals surface area (Å²) in [6.07, 6.45) is -0.249. The van der Waals surface area contributed by atoms with Crippen LogP contribution in [0.1, 0.15) is 29.9 Å². The molecule has 3 rings (SSSR count). The van der Waals surface area contributed by atoms with Crippen LogP contribution >= 0.6 is 0 Å². The molecule has 26 heavy (non-hydrogen) atoms. The number of aliphatic hydroxyl groups is 1. The van der Waals surface area contributed by atoms with Crippen LogP contribution in [0.4, 0.5) is 4.79 Å². The van der Waals surface area contributed by atoms with E-state index in [-0.39, 0.29) is 32.0 Å². The van der Waals surface area contributed by atoms with Crippen LogP contribution in [0, 0.1) is 0 Å². The lowest BCUT2D eigenvalue weighted by Crippen LogP contribution is -2.39. The van der Waals surface area contributed by atoms with Crippen molar-refractivity contribution in [1.82, 2.24) is 5.32 Å². The van der Waals surface area contributed by atoms with Gasteiger partial charge in [-0.3, -0.25) is 4.79 Å². The Labute approximate surface area is 152 Å². The van der Waals surface area contributed by atoms with E-state index in [0.29, 0.717) is 0 Å². The van der Waals surface area contributed by atoms with Crippen LogP contribution < -0.4 is 11.1 Å². The summed E-state index contributed by atoms with van der Waals surface area (Å²) < 4.78 is 5.40. The molecule has 2 amide bonds. The molecule has 0 fully saturated rings. The Bertz CT molecular complexity index is 760. The van der Waals surface area contributed by atoms with Crippen molar-refractivity contribution in [2.45, 2.75) is 24.8 Å². The summed E-state index contributed by atoms with van der Waals surface area (Å²) in [6.45, 7) is -0.0781. The molecule has 0 saturated carbocycles. The van der Waals surface area contributed by atoms with E-state index < -0.39 is 18.0 Å². The molecule has 1 aliphatic carbocycles. The maximum absolute atomic E-state index is 12.1. The number of nitrogens with two attached hydrogens (primary N) is 1. The predicted molar refractivity (Wildman–Crippen MR) is 97.5 cm³/mol. The summed E-state index contributed by atoms with van der Waals surface area (Å²) in [6, 6.07) is 15.6. The van der Waals surface area contributed by atoms with Crippen LogP contribution in [-0.4, -0.2) is 36.4 Å². The first kappa shape index (κ1) is 17.9. The van der Waals surface area contributed by atoms with Crippen LogP contribution in [0.25, 0.3) is 11.1 Å². The third-order valence-electron chi connectivity index (χ3n) is 4.63. The molecule has 6 heteroatoms. The largest absolute Gasteiger partial charge is 0.449 e. The zero-order valence-corrected chi connectivity index (χ0v) is 14.4. The average molecular weight is 354 g/mol. The fraction of sp³-hybridized carbons (Fsp3) is 0.300. The van der Waals surface area contributed by atoms with Gasteiger partial charge in [-0.2, -0.15) is 0 Å². The Balaban J connectivity index is 1.64. The van der Waals surface area contributed by atoms with Crippen molar-refractivity contribution in [2.75, 3.05) is 13.2 Å². The second-order valence-electron chi connectivity index (χ2n) is 6.35. The molecule has 2 aromatic rings. The number of nitrogens with one attached hydrogen (secondary N) is 1. The van der Waals surface area contributed by atoms with E-state index in [2.05, 4.69) is 17.4 Å². The van der Waals surface area contributed by atoms with E-state index in [9.17, 15) is 14.7 Å². The summed E-state index contributed by atoms with van der Waals surface area (Å²) in [5, 5.41) is 11.9. The number of fused-ring (bicyclic) bond motifs is 3. The second kappa shape index (κ2) is 8.01. The van der Waals surface area contributed by atoms with Gasteiger partial charge >= 0.3 is 6.09 Å². The van der Waals surface area contributed by atoms with E-state index in [4.69, 9.17) is 10.5 Å². The summed E-state index contributed by atoms with van der Waals surface area (Å²) in [4.78, 5) is 22.9. The number of aliphatic hydroxyl groups excluding tert-OH is 1. The number of benzene rings is 2. The predicted octanol–water partition coefficient (Wildman–Crippen LogP) is 2.15. The molecule has 0 saturated heterocycles. The molecule has 2 aromatic carbocycles. The molecular formula is C20H22N2O4. The van der Waals surface area contributed by atoms with Crippen molar-refractivity contribution >= 4 is 12.0 Å². The highest BCUT2D eigenvalue weighted by molar-refractivity contribution is 5.79. The summed E-state index contributed by atoms with van der Waals surface area (Å²) in [7, 11) is 0. The van der Waals surface area contributed by atoms with Crippen LogP contribution in [0.15, 0.2) is 48.5 Å². The van der Waals surface area contributed by atoms with E-state index in [0.717, 1.165) is 22.3 Å². The van der Waals surface area contributed by atoms with Gasteiger partial charge in [0.25, 0.3) is 0 Å². The minimum Gasteiger partial charge on any atom is -0.449 e. The number of carbonyl (C=O) groups is 2. The molecule has 0 aromatic heterocycles. The number of amides is 2. The molecule has 0 aliphatic heterocycles. The molecule has 0 bridgehead atoms. The second-order valence-corrected chi connectivity index (χ2v) is 6.35. The Morgan fingerprint density at radius 2 is 1.65 bits per heavy atom. The molecule has 0 heterocycles. The fourth-order valence-corrected chi connectivity index (χ4v) is 3.33.